The van der Waals surface area contributed by atoms with Crippen LogP contribution in [0.1, 0.15) is 20.9 Å². The number of allylic oxidation sites excluding steroid dienone is 1. The van der Waals surface area contributed by atoms with Gasteiger partial charge in [0, 0.05) is 6.21 Å². The molecular formula is C14H14N4OS. The standard InChI is InChI=1S/C14H14N4OS/c1-10-12(20-14(15)17-10)13(19)18-16-9-5-8-11-6-3-2-4-7-11/h2-9H,1H3,(H2,15,17)(H,18,19)/b8-5+,16-9+. The Labute approximate surface area is 120 Å². The summed E-state index contributed by atoms with van der Waals surface area (Å²) in [7, 11) is 0. The van der Waals surface area contributed by atoms with Crippen LogP contribution < -0.4 is 11.2 Å². The van der Waals surface area contributed by atoms with E-state index >= 15 is 0 Å². The lowest BCUT2D eigenvalue weighted by Gasteiger charge is -1.95. The number of aryl methyl sites for hydroxylation is 1. The molecule has 3 N–H and O–H groups in total. The summed E-state index contributed by atoms with van der Waals surface area (Å²) in [6.07, 6.45) is 5.17. The molecule has 0 fully saturated rings. The number of hydrazone groups is 1. The summed E-state index contributed by atoms with van der Waals surface area (Å²) in [6.45, 7) is 1.74. The minimum atomic E-state index is -0.305. The zero-order valence-electron chi connectivity index (χ0n) is 10.9. The number of nitrogens with zero attached hydrogens (tertiary/aromatic N) is 2. The third-order valence-electron chi connectivity index (χ3n) is 2.43. The fourth-order valence-electron chi connectivity index (χ4n) is 1.54. The highest BCUT2D eigenvalue weighted by Gasteiger charge is 2.12. The van der Waals surface area contributed by atoms with Crippen LogP contribution in [-0.4, -0.2) is 17.1 Å². The Morgan fingerprint density at radius 1 is 1.40 bits per heavy atom. The molecule has 1 amide bonds. The molecule has 0 unspecified atom stereocenters. The second-order valence-electron chi connectivity index (χ2n) is 3.96. The molecule has 0 radical (unpaired) electrons. The van der Waals surface area contributed by atoms with E-state index < -0.39 is 0 Å². The molecule has 0 aliphatic heterocycles. The van der Waals surface area contributed by atoms with Gasteiger partial charge in [0.2, 0.25) is 0 Å². The summed E-state index contributed by atoms with van der Waals surface area (Å²) in [4.78, 5) is 16.2. The highest BCUT2D eigenvalue weighted by molar-refractivity contribution is 7.17. The number of carbonyl (C=O) groups is 1. The number of nitrogen functional groups attached to an aromatic ring is 1. The highest BCUT2D eigenvalue weighted by atomic mass is 32.1. The molecule has 6 heteroatoms. The average Bonchev–Trinajstić information content (AvgIpc) is 2.78. The quantitative estimate of drug-likeness (QED) is 0.669. The van der Waals surface area contributed by atoms with Crippen molar-refractivity contribution < 1.29 is 4.79 Å². The van der Waals surface area contributed by atoms with Gasteiger partial charge in [-0.05, 0) is 18.6 Å². The van der Waals surface area contributed by atoms with Crippen LogP contribution in [0.15, 0.2) is 41.5 Å². The van der Waals surface area contributed by atoms with E-state index in [1.807, 2.05) is 36.4 Å². The number of hydrogen-bond acceptors (Lipinski definition) is 5. The van der Waals surface area contributed by atoms with Gasteiger partial charge in [-0.2, -0.15) is 5.10 Å². The fourth-order valence-corrected chi connectivity index (χ4v) is 2.26. The summed E-state index contributed by atoms with van der Waals surface area (Å²) < 4.78 is 0. The van der Waals surface area contributed by atoms with Crippen molar-refractivity contribution in [2.45, 2.75) is 6.92 Å². The molecule has 0 aliphatic rings. The number of benzene rings is 1. The number of thiazole rings is 1. The van der Waals surface area contributed by atoms with Crippen molar-refractivity contribution in [1.82, 2.24) is 10.4 Å². The van der Waals surface area contributed by atoms with Gasteiger partial charge in [0.05, 0.1) is 5.69 Å². The maximum atomic E-state index is 11.8. The molecule has 1 aromatic carbocycles. The minimum absolute atomic E-state index is 0.305. The van der Waals surface area contributed by atoms with Crippen LogP contribution in [0.4, 0.5) is 5.13 Å². The predicted octanol–water partition coefficient (Wildman–Crippen LogP) is 2.46. The van der Waals surface area contributed by atoms with Crippen LogP contribution in [0.2, 0.25) is 0 Å². The normalized spacial score (nSPS) is 11.2. The van der Waals surface area contributed by atoms with E-state index in [-0.39, 0.29) is 5.91 Å². The van der Waals surface area contributed by atoms with Crippen LogP contribution in [0.3, 0.4) is 0 Å². The van der Waals surface area contributed by atoms with Gasteiger partial charge in [0.15, 0.2) is 5.13 Å². The van der Waals surface area contributed by atoms with E-state index in [2.05, 4.69) is 15.5 Å². The van der Waals surface area contributed by atoms with Gasteiger partial charge in [-0.3, -0.25) is 4.79 Å². The van der Waals surface area contributed by atoms with Crippen molar-refractivity contribution in [1.29, 1.82) is 0 Å². The summed E-state index contributed by atoms with van der Waals surface area (Å²) in [5.41, 5.74) is 9.65. The number of aromatic nitrogens is 1. The topological polar surface area (TPSA) is 80.4 Å². The van der Waals surface area contributed by atoms with Crippen molar-refractivity contribution in [2.75, 3.05) is 5.73 Å². The summed E-state index contributed by atoms with van der Waals surface area (Å²) in [5.74, 6) is -0.305. The Morgan fingerprint density at radius 3 is 2.80 bits per heavy atom. The van der Waals surface area contributed by atoms with Crippen molar-refractivity contribution >= 4 is 34.7 Å². The van der Waals surface area contributed by atoms with E-state index in [0.717, 1.165) is 16.9 Å². The zero-order valence-corrected chi connectivity index (χ0v) is 11.7. The molecule has 2 rings (SSSR count). The largest absolute Gasteiger partial charge is 0.375 e. The van der Waals surface area contributed by atoms with Gasteiger partial charge in [-0.25, -0.2) is 10.4 Å². The SMILES string of the molecule is Cc1nc(N)sc1C(=O)N/N=C/C=C/c1ccccc1. The number of nitrogens with two attached hydrogens (primary N) is 1. The van der Waals surface area contributed by atoms with Crippen LogP contribution in [-0.2, 0) is 0 Å². The molecule has 0 saturated heterocycles. The molecule has 1 aromatic heterocycles. The van der Waals surface area contributed by atoms with Gasteiger partial charge in [-0.15, -0.1) is 0 Å². The molecule has 0 atom stereocenters. The first-order chi connectivity index (χ1) is 9.66. The van der Waals surface area contributed by atoms with Crippen molar-refractivity contribution in [3.05, 3.63) is 52.5 Å². The molecule has 0 bridgehead atoms. The Hall–Kier alpha value is -2.47. The third-order valence-corrected chi connectivity index (χ3v) is 3.42. The number of hydrogen-bond donors (Lipinski definition) is 2. The van der Waals surface area contributed by atoms with E-state index in [1.165, 1.54) is 6.21 Å². The zero-order chi connectivity index (χ0) is 14.4. The van der Waals surface area contributed by atoms with Crippen LogP contribution in [0.25, 0.3) is 6.08 Å². The Bertz CT molecular complexity index is 646. The first kappa shape index (κ1) is 14.0. The van der Waals surface area contributed by atoms with E-state index in [9.17, 15) is 4.79 Å². The maximum Gasteiger partial charge on any atom is 0.283 e. The molecule has 5 nitrogen and oxygen atoms in total. The smallest absolute Gasteiger partial charge is 0.283 e. The van der Waals surface area contributed by atoms with E-state index in [0.29, 0.717) is 15.7 Å². The lowest BCUT2D eigenvalue weighted by Crippen LogP contribution is -2.16. The summed E-state index contributed by atoms with van der Waals surface area (Å²) in [6, 6.07) is 9.82. The fraction of sp³-hybridized carbons (Fsp3) is 0.0714. The molecule has 102 valence electrons. The van der Waals surface area contributed by atoms with Crippen molar-refractivity contribution in [2.24, 2.45) is 5.10 Å². The molecule has 0 saturated carbocycles. The summed E-state index contributed by atoms with van der Waals surface area (Å²) >= 11 is 1.15. The maximum absolute atomic E-state index is 11.8. The first-order valence-corrected chi connectivity index (χ1v) is 6.76. The van der Waals surface area contributed by atoms with E-state index in [4.69, 9.17) is 5.73 Å². The Morgan fingerprint density at radius 2 is 2.15 bits per heavy atom. The number of nitrogens with one attached hydrogen (secondary N) is 1. The highest BCUT2D eigenvalue weighted by Crippen LogP contribution is 2.19. The molecular weight excluding hydrogens is 272 g/mol. The monoisotopic (exact) mass is 286 g/mol. The lowest BCUT2D eigenvalue weighted by molar-refractivity contribution is 0.0958. The molecule has 20 heavy (non-hydrogen) atoms. The second kappa shape index (κ2) is 6.63. The molecule has 2 aromatic rings. The van der Waals surface area contributed by atoms with Gasteiger partial charge in [0.25, 0.3) is 5.91 Å². The van der Waals surface area contributed by atoms with Crippen LogP contribution in [0.5, 0.6) is 0 Å². The third kappa shape index (κ3) is 3.76. The second-order valence-corrected chi connectivity index (χ2v) is 4.99. The lowest BCUT2D eigenvalue weighted by atomic mass is 10.2. The van der Waals surface area contributed by atoms with Gasteiger partial charge >= 0.3 is 0 Å². The molecule has 0 spiro atoms. The van der Waals surface area contributed by atoms with Crippen LogP contribution in [0, 0.1) is 6.92 Å². The molecule has 1 heterocycles. The van der Waals surface area contributed by atoms with Crippen LogP contribution >= 0.6 is 11.3 Å². The van der Waals surface area contributed by atoms with Gasteiger partial charge in [0.1, 0.15) is 4.88 Å². The van der Waals surface area contributed by atoms with Gasteiger partial charge < -0.3 is 5.73 Å². The van der Waals surface area contributed by atoms with Gasteiger partial charge in [-0.1, -0.05) is 47.7 Å². The van der Waals surface area contributed by atoms with Crippen molar-refractivity contribution in [3.8, 4) is 0 Å². The average molecular weight is 286 g/mol. The first-order valence-electron chi connectivity index (χ1n) is 5.95. The van der Waals surface area contributed by atoms with E-state index in [1.54, 1.807) is 13.0 Å². The number of carbonyl (C=O) groups excluding carboxylic acids is 1. The Balaban J connectivity index is 1.89. The number of rotatable bonds is 4. The molecule has 0 aliphatic carbocycles. The Kier molecular flexibility index (Phi) is 4.62. The summed E-state index contributed by atoms with van der Waals surface area (Å²) in [5, 5.41) is 4.22. The minimum Gasteiger partial charge on any atom is -0.375 e. The number of anilines is 1. The van der Waals surface area contributed by atoms with Crippen molar-refractivity contribution in [3.63, 3.8) is 0 Å². The number of amides is 1. The predicted molar refractivity (Wildman–Crippen MR) is 82.7 cm³/mol.